The zero-order valence-corrected chi connectivity index (χ0v) is 17.6. The SMILES string of the molecule is Cc1cccc(C2CC(C(=O)O)N(C(=O)CNC(=O)CCCOc3ccccc3)C2)c1. The number of hydrogen-bond acceptors (Lipinski definition) is 4. The monoisotopic (exact) mass is 424 g/mol. The van der Waals surface area contributed by atoms with Crippen molar-refractivity contribution >= 4 is 17.8 Å². The molecule has 1 aliphatic rings. The lowest BCUT2D eigenvalue weighted by Crippen LogP contribution is -2.45. The fraction of sp³-hybridized carbons (Fsp3) is 0.375. The van der Waals surface area contributed by atoms with Crippen molar-refractivity contribution in [2.45, 2.75) is 38.1 Å². The first kappa shape index (κ1) is 22.3. The lowest BCUT2D eigenvalue weighted by molar-refractivity contribution is -0.148. The highest BCUT2D eigenvalue weighted by Crippen LogP contribution is 2.32. The molecule has 0 spiro atoms. The van der Waals surface area contributed by atoms with Crippen molar-refractivity contribution < 1.29 is 24.2 Å². The summed E-state index contributed by atoms with van der Waals surface area (Å²) in [6.07, 6.45) is 1.12. The lowest BCUT2D eigenvalue weighted by atomic mass is 9.95. The van der Waals surface area contributed by atoms with Gasteiger partial charge in [-0.15, -0.1) is 0 Å². The van der Waals surface area contributed by atoms with Crippen molar-refractivity contribution in [3.8, 4) is 5.75 Å². The van der Waals surface area contributed by atoms with Crippen molar-refractivity contribution in [3.63, 3.8) is 0 Å². The Kier molecular flexibility index (Phi) is 7.65. The van der Waals surface area contributed by atoms with Crippen LogP contribution in [0, 0.1) is 6.92 Å². The quantitative estimate of drug-likeness (QED) is 0.604. The van der Waals surface area contributed by atoms with Crippen LogP contribution in [0.25, 0.3) is 0 Å². The number of likely N-dealkylation sites (tertiary alicyclic amines) is 1. The van der Waals surface area contributed by atoms with Gasteiger partial charge in [0.25, 0.3) is 0 Å². The van der Waals surface area contributed by atoms with Crippen molar-refractivity contribution in [1.29, 1.82) is 0 Å². The number of carbonyl (C=O) groups is 3. The first-order valence-electron chi connectivity index (χ1n) is 10.5. The van der Waals surface area contributed by atoms with Crippen LogP contribution in [0.4, 0.5) is 0 Å². The molecule has 1 saturated heterocycles. The van der Waals surface area contributed by atoms with E-state index in [-0.39, 0.29) is 30.7 Å². The zero-order chi connectivity index (χ0) is 22.2. The van der Waals surface area contributed by atoms with Gasteiger partial charge in [0, 0.05) is 18.9 Å². The molecule has 1 aliphatic heterocycles. The second-order valence-electron chi connectivity index (χ2n) is 7.79. The molecule has 2 unspecified atom stereocenters. The fourth-order valence-corrected chi connectivity index (χ4v) is 3.81. The smallest absolute Gasteiger partial charge is 0.326 e. The molecule has 2 amide bonds. The maximum absolute atomic E-state index is 12.6. The Balaban J connectivity index is 1.45. The summed E-state index contributed by atoms with van der Waals surface area (Å²) in [7, 11) is 0. The van der Waals surface area contributed by atoms with E-state index in [2.05, 4.69) is 5.32 Å². The molecular weight excluding hydrogens is 396 g/mol. The predicted molar refractivity (Wildman–Crippen MR) is 116 cm³/mol. The van der Waals surface area contributed by atoms with Gasteiger partial charge < -0.3 is 20.1 Å². The molecule has 7 nitrogen and oxygen atoms in total. The summed E-state index contributed by atoms with van der Waals surface area (Å²) in [6, 6.07) is 16.4. The van der Waals surface area contributed by atoms with Gasteiger partial charge in [0.2, 0.25) is 11.8 Å². The van der Waals surface area contributed by atoms with Gasteiger partial charge in [-0.1, -0.05) is 48.0 Å². The van der Waals surface area contributed by atoms with Gasteiger partial charge in [0.05, 0.1) is 13.2 Å². The molecule has 1 heterocycles. The average Bonchev–Trinajstić information content (AvgIpc) is 3.22. The molecule has 0 radical (unpaired) electrons. The number of aryl methyl sites for hydroxylation is 1. The minimum Gasteiger partial charge on any atom is -0.494 e. The van der Waals surface area contributed by atoms with Gasteiger partial charge in [-0.3, -0.25) is 9.59 Å². The predicted octanol–water partition coefficient (Wildman–Crippen LogP) is 2.74. The third-order valence-electron chi connectivity index (χ3n) is 5.42. The molecule has 7 heteroatoms. The highest BCUT2D eigenvalue weighted by Gasteiger charge is 2.40. The first-order valence-corrected chi connectivity index (χ1v) is 10.5. The zero-order valence-electron chi connectivity index (χ0n) is 17.6. The van der Waals surface area contributed by atoms with Crippen LogP contribution in [0.15, 0.2) is 54.6 Å². The van der Waals surface area contributed by atoms with Crippen molar-refractivity contribution in [3.05, 3.63) is 65.7 Å². The second kappa shape index (κ2) is 10.6. The number of carboxylic acid groups (broad SMARTS) is 1. The number of carbonyl (C=O) groups excluding carboxylic acids is 2. The standard InChI is InChI=1S/C24H28N2O5/c1-17-7-5-8-18(13-17)19-14-21(24(29)30)26(16-19)23(28)15-25-22(27)11-6-12-31-20-9-3-2-4-10-20/h2-5,7-10,13,19,21H,6,11-12,14-16H2,1H3,(H,25,27)(H,29,30). The van der Waals surface area contributed by atoms with Crippen LogP contribution < -0.4 is 10.1 Å². The molecule has 2 N–H and O–H groups in total. The molecule has 0 aliphatic carbocycles. The highest BCUT2D eigenvalue weighted by molar-refractivity contribution is 5.88. The summed E-state index contributed by atoms with van der Waals surface area (Å²) < 4.78 is 5.55. The molecule has 164 valence electrons. The maximum Gasteiger partial charge on any atom is 0.326 e. The van der Waals surface area contributed by atoms with Gasteiger partial charge in [-0.05, 0) is 37.5 Å². The van der Waals surface area contributed by atoms with Gasteiger partial charge in [0.1, 0.15) is 11.8 Å². The second-order valence-corrected chi connectivity index (χ2v) is 7.79. The summed E-state index contributed by atoms with van der Waals surface area (Å²) in [5.41, 5.74) is 2.13. The summed E-state index contributed by atoms with van der Waals surface area (Å²) in [5.74, 6) is -0.943. The number of carboxylic acids is 1. The van der Waals surface area contributed by atoms with E-state index in [0.717, 1.165) is 16.9 Å². The normalized spacial score (nSPS) is 17.9. The van der Waals surface area contributed by atoms with Crippen LogP contribution in [-0.2, 0) is 14.4 Å². The minimum absolute atomic E-state index is 0.0317. The lowest BCUT2D eigenvalue weighted by Gasteiger charge is -2.21. The number of nitrogens with one attached hydrogen (secondary N) is 1. The van der Waals surface area contributed by atoms with E-state index >= 15 is 0 Å². The Hall–Kier alpha value is -3.35. The number of amides is 2. The van der Waals surface area contributed by atoms with Crippen LogP contribution in [-0.4, -0.2) is 53.5 Å². The van der Waals surface area contributed by atoms with Crippen LogP contribution in [0.1, 0.15) is 36.3 Å². The largest absolute Gasteiger partial charge is 0.494 e. The van der Waals surface area contributed by atoms with Crippen molar-refractivity contribution in [2.75, 3.05) is 19.7 Å². The molecule has 3 rings (SSSR count). The highest BCUT2D eigenvalue weighted by atomic mass is 16.5. The molecule has 2 aromatic carbocycles. The molecule has 2 aromatic rings. The molecule has 0 saturated carbocycles. The number of aliphatic carboxylic acids is 1. The number of nitrogens with zero attached hydrogens (tertiary/aromatic N) is 1. The Morgan fingerprint density at radius 2 is 1.90 bits per heavy atom. The summed E-state index contributed by atoms with van der Waals surface area (Å²) in [5, 5.41) is 12.2. The number of para-hydroxylation sites is 1. The minimum atomic E-state index is -1.02. The number of rotatable bonds is 9. The van der Waals surface area contributed by atoms with Gasteiger partial charge >= 0.3 is 5.97 Å². The van der Waals surface area contributed by atoms with E-state index in [1.54, 1.807) is 0 Å². The van der Waals surface area contributed by atoms with E-state index < -0.39 is 12.0 Å². The fourth-order valence-electron chi connectivity index (χ4n) is 3.81. The number of benzene rings is 2. The Bertz CT molecular complexity index is 915. The molecule has 31 heavy (non-hydrogen) atoms. The molecule has 1 fully saturated rings. The molecule has 0 aromatic heterocycles. The Morgan fingerprint density at radius 3 is 2.61 bits per heavy atom. The Labute approximate surface area is 182 Å². The Morgan fingerprint density at radius 1 is 1.13 bits per heavy atom. The van der Waals surface area contributed by atoms with E-state index in [9.17, 15) is 19.5 Å². The van der Waals surface area contributed by atoms with Crippen LogP contribution >= 0.6 is 0 Å². The molecule has 0 bridgehead atoms. The number of hydrogen-bond donors (Lipinski definition) is 2. The van der Waals surface area contributed by atoms with E-state index in [4.69, 9.17) is 4.74 Å². The molecule has 2 atom stereocenters. The van der Waals surface area contributed by atoms with Crippen molar-refractivity contribution in [2.24, 2.45) is 0 Å². The average molecular weight is 424 g/mol. The van der Waals surface area contributed by atoms with Gasteiger partial charge in [-0.25, -0.2) is 4.79 Å². The summed E-state index contributed by atoms with van der Waals surface area (Å²) in [4.78, 5) is 37.8. The number of ether oxygens (including phenoxy) is 1. The van der Waals surface area contributed by atoms with Gasteiger partial charge in [-0.2, -0.15) is 0 Å². The third kappa shape index (κ3) is 6.31. The first-order chi connectivity index (χ1) is 14.9. The van der Waals surface area contributed by atoms with E-state index in [1.165, 1.54) is 4.90 Å². The van der Waals surface area contributed by atoms with Crippen LogP contribution in [0.5, 0.6) is 5.75 Å². The van der Waals surface area contributed by atoms with Crippen molar-refractivity contribution in [1.82, 2.24) is 10.2 Å². The van der Waals surface area contributed by atoms with E-state index in [1.807, 2.05) is 61.5 Å². The van der Waals surface area contributed by atoms with E-state index in [0.29, 0.717) is 26.0 Å². The van der Waals surface area contributed by atoms with Crippen LogP contribution in [0.2, 0.25) is 0 Å². The van der Waals surface area contributed by atoms with Gasteiger partial charge in [0.15, 0.2) is 0 Å². The topological polar surface area (TPSA) is 95.9 Å². The molecular formula is C24H28N2O5. The summed E-state index contributed by atoms with van der Waals surface area (Å²) in [6.45, 7) is 2.51. The van der Waals surface area contributed by atoms with Crippen LogP contribution in [0.3, 0.4) is 0 Å². The third-order valence-corrected chi connectivity index (χ3v) is 5.42. The summed E-state index contributed by atoms with van der Waals surface area (Å²) >= 11 is 0. The maximum atomic E-state index is 12.6.